The van der Waals surface area contributed by atoms with Gasteiger partial charge in [-0.3, -0.25) is 9.59 Å². The molecule has 0 unspecified atom stereocenters. The fraction of sp³-hybridized carbons (Fsp3) is 0.481. The molecule has 0 bridgehead atoms. The van der Waals surface area contributed by atoms with Crippen LogP contribution in [0.25, 0.3) is 0 Å². The average molecular weight is 487 g/mol. The summed E-state index contributed by atoms with van der Waals surface area (Å²) < 4.78 is 39.6. The zero-order chi connectivity index (χ0) is 25.2. The summed E-state index contributed by atoms with van der Waals surface area (Å²) in [6.45, 7) is 5.19. The maximum Gasteiger partial charge on any atom is 0.256 e. The lowest BCUT2D eigenvalue weighted by Gasteiger charge is -2.44. The average Bonchev–Trinajstić information content (AvgIpc) is 3.10. The number of carbonyl (C=O) groups is 2. The molecule has 2 aromatic rings. The second-order valence-electron chi connectivity index (χ2n) is 9.56. The van der Waals surface area contributed by atoms with E-state index in [-0.39, 0.29) is 29.5 Å². The van der Waals surface area contributed by atoms with Crippen LogP contribution in [0.3, 0.4) is 0 Å². The lowest BCUT2D eigenvalue weighted by Crippen LogP contribution is -2.52. The summed E-state index contributed by atoms with van der Waals surface area (Å²) in [5.74, 6) is -2.93. The van der Waals surface area contributed by atoms with E-state index in [0.29, 0.717) is 39.1 Å². The predicted molar refractivity (Wildman–Crippen MR) is 127 cm³/mol. The number of amides is 2. The number of benzene rings is 2. The molecule has 1 heterocycles. The van der Waals surface area contributed by atoms with E-state index >= 15 is 0 Å². The Morgan fingerprint density at radius 3 is 2.49 bits per heavy atom. The van der Waals surface area contributed by atoms with Gasteiger partial charge in [0.15, 0.2) is 11.6 Å². The number of ether oxygens (including phenoxy) is 2. The topological polar surface area (TPSA) is 67.9 Å². The molecule has 1 saturated heterocycles. The van der Waals surface area contributed by atoms with E-state index in [1.165, 1.54) is 12.1 Å². The first-order valence-corrected chi connectivity index (χ1v) is 12.0. The first-order valence-electron chi connectivity index (χ1n) is 12.0. The van der Waals surface area contributed by atoms with Gasteiger partial charge in [-0.2, -0.15) is 0 Å². The van der Waals surface area contributed by atoms with E-state index in [9.17, 15) is 18.4 Å². The number of nitrogens with one attached hydrogen (secondary N) is 1. The van der Waals surface area contributed by atoms with Gasteiger partial charge in [-0.05, 0) is 36.1 Å². The van der Waals surface area contributed by atoms with E-state index in [1.807, 2.05) is 32.0 Å². The monoisotopic (exact) mass is 486 g/mol. The lowest BCUT2D eigenvalue weighted by molar-refractivity contribution is -0.127. The van der Waals surface area contributed by atoms with Crippen LogP contribution in [0.2, 0.25) is 0 Å². The Morgan fingerprint density at radius 2 is 1.80 bits per heavy atom. The van der Waals surface area contributed by atoms with Crippen molar-refractivity contribution in [2.75, 3.05) is 33.4 Å². The highest BCUT2D eigenvalue weighted by Crippen LogP contribution is 2.52. The van der Waals surface area contributed by atoms with Gasteiger partial charge in [0.2, 0.25) is 5.91 Å². The number of piperidine rings is 1. The van der Waals surface area contributed by atoms with Crippen molar-refractivity contribution in [3.8, 4) is 0 Å². The van der Waals surface area contributed by atoms with Gasteiger partial charge >= 0.3 is 0 Å². The fourth-order valence-corrected chi connectivity index (χ4v) is 5.35. The van der Waals surface area contributed by atoms with Crippen LogP contribution in [-0.4, -0.2) is 56.2 Å². The predicted octanol–water partition coefficient (Wildman–Crippen LogP) is 4.00. The molecule has 8 heteroatoms. The van der Waals surface area contributed by atoms with Crippen molar-refractivity contribution >= 4 is 11.8 Å². The quantitative estimate of drug-likeness (QED) is 0.601. The molecule has 1 N–H and O–H groups in total. The first kappa shape index (κ1) is 25.3. The number of carbonyl (C=O) groups excluding carboxylic acids is 2. The standard InChI is InChI=1S/C27H32F2N2O4/c1-17(2)25(32)30-23-18-7-4-5-9-20(18)27(24(23)35-16-15-34-3)11-13-31(14-12-27)26(33)19-8-6-10-21(28)22(19)29/h4-10,17,23-24H,11-16H2,1-3H3,(H,30,32)/t23-,24+/m1/s1. The van der Waals surface area contributed by atoms with Crippen LogP contribution in [0.1, 0.15) is 54.2 Å². The zero-order valence-corrected chi connectivity index (χ0v) is 20.4. The fourth-order valence-electron chi connectivity index (χ4n) is 5.35. The highest BCUT2D eigenvalue weighted by molar-refractivity contribution is 5.94. The minimum absolute atomic E-state index is 0.0589. The Balaban J connectivity index is 1.63. The zero-order valence-electron chi connectivity index (χ0n) is 20.4. The molecule has 2 atom stereocenters. The Kier molecular flexibility index (Phi) is 7.52. The molecule has 1 aliphatic heterocycles. The number of rotatable bonds is 7. The molecule has 35 heavy (non-hydrogen) atoms. The van der Waals surface area contributed by atoms with Crippen molar-refractivity contribution in [2.24, 2.45) is 5.92 Å². The molecule has 1 aliphatic carbocycles. The summed E-state index contributed by atoms with van der Waals surface area (Å²) >= 11 is 0. The number of nitrogens with zero attached hydrogens (tertiary/aromatic N) is 1. The van der Waals surface area contributed by atoms with Gasteiger partial charge in [0.1, 0.15) is 0 Å². The minimum atomic E-state index is -1.12. The van der Waals surface area contributed by atoms with E-state index in [1.54, 1.807) is 12.0 Å². The van der Waals surface area contributed by atoms with Crippen LogP contribution in [-0.2, 0) is 19.7 Å². The van der Waals surface area contributed by atoms with Crippen LogP contribution in [0, 0.1) is 17.6 Å². The molecule has 2 aromatic carbocycles. The van der Waals surface area contributed by atoms with Crippen molar-refractivity contribution < 1.29 is 27.8 Å². The summed E-state index contributed by atoms with van der Waals surface area (Å²) in [5, 5.41) is 3.18. The van der Waals surface area contributed by atoms with Crippen molar-refractivity contribution in [1.82, 2.24) is 10.2 Å². The van der Waals surface area contributed by atoms with Gasteiger partial charge in [-0.1, -0.05) is 44.2 Å². The van der Waals surface area contributed by atoms with Crippen molar-refractivity contribution in [3.05, 3.63) is 70.8 Å². The van der Waals surface area contributed by atoms with Crippen molar-refractivity contribution in [3.63, 3.8) is 0 Å². The molecule has 0 radical (unpaired) electrons. The summed E-state index contributed by atoms with van der Waals surface area (Å²) in [5.41, 5.74) is 1.42. The second-order valence-corrected chi connectivity index (χ2v) is 9.56. The minimum Gasteiger partial charge on any atom is -0.382 e. The first-order chi connectivity index (χ1) is 16.8. The molecule has 2 amide bonds. The molecule has 1 spiro atoms. The van der Waals surface area contributed by atoms with Crippen molar-refractivity contribution in [1.29, 1.82) is 0 Å². The van der Waals surface area contributed by atoms with Crippen LogP contribution >= 0.6 is 0 Å². The largest absolute Gasteiger partial charge is 0.382 e. The third kappa shape index (κ3) is 4.69. The van der Waals surface area contributed by atoms with Gasteiger partial charge < -0.3 is 19.7 Å². The molecule has 1 fully saturated rings. The van der Waals surface area contributed by atoms with E-state index in [4.69, 9.17) is 9.47 Å². The molecular weight excluding hydrogens is 454 g/mol. The summed E-state index contributed by atoms with van der Waals surface area (Å²) in [6.07, 6.45) is 0.789. The number of halogens is 2. The van der Waals surface area contributed by atoms with Gasteiger partial charge in [-0.15, -0.1) is 0 Å². The van der Waals surface area contributed by atoms with Gasteiger partial charge in [0.25, 0.3) is 5.91 Å². The Morgan fingerprint density at radius 1 is 1.09 bits per heavy atom. The van der Waals surface area contributed by atoms with Crippen LogP contribution < -0.4 is 5.32 Å². The van der Waals surface area contributed by atoms with Crippen LogP contribution in [0.5, 0.6) is 0 Å². The Bertz CT molecular complexity index is 1080. The van der Waals surface area contributed by atoms with E-state index in [2.05, 4.69) is 11.4 Å². The highest BCUT2D eigenvalue weighted by atomic mass is 19.2. The SMILES string of the molecule is COCCO[C@H]1[C@H](NC(=O)C(C)C)c2ccccc2C12CCN(C(=O)c1cccc(F)c1F)CC2. The van der Waals surface area contributed by atoms with Gasteiger partial charge in [-0.25, -0.2) is 8.78 Å². The number of fused-ring (bicyclic) bond motifs is 2. The van der Waals surface area contributed by atoms with E-state index < -0.39 is 23.0 Å². The number of methoxy groups -OCH3 is 1. The second kappa shape index (κ2) is 10.4. The maximum atomic E-state index is 14.3. The molecule has 4 rings (SSSR count). The molecular formula is C27H32F2N2O4. The van der Waals surface area contributed by atoms with E-state index in [0.717, 1.165) is 17.2 Å². The smallest absolute Gasteiger partial charge is 0.256 e. The van der Waals surface area contributed by atoms with Gasteiger partial charge in [0.05, 0.1) is 30.9 Å². The third-order valence-electron chi connectivity index (χ3n) is 7.21. The number of hydrogen-bond acceptors (Lipinski definition) is 4. The van der Waals surface area contributed by atoms with Crippen molar-refractivity contribution in [2.45, 2.75) is 44.2 Å². The third-order valence-corrected chi connectivity index (χ3v) is 7.21. The Labute approximate surface area is 204 Å². The van der Waals surface area contributed by atoms with Crippen LogP contribution in [0.4, 0.5) is 8.78 Å². The number of likely N-dealkylation sites (tertiary alicyclic amines) is 1. The molecule has 0 aromatic heterocycles. The lowest BCUT2D eigenvalue weighted by atomic mass is 9.71. The highest BCUT2D eigenvalue weighted by Gasteiger charge is 2.54. The molecule has 6 nitrogen and oxygen atoms in total. The normalized spacial score (nSPS) is 20.8. The van der Waals surface area contributed by atoms with Gasteiger partial charge in [0, 0.05) is 31.5 Å². The molecule has 2 aliphatic rings. The molecule has 188 valence electrons. The maximum absolute atomic E-state index is 14.3. The number of hydrogen-bond donors (Lipinski definition) is 1. The summed E-state index contributed by atoms with van der Waals surface area (Å²) in [4.78, 5) is 27.3. The summed E-state index contributed by atoms with van der Waals surface area (Å²) in [7, 11) is 1.61. The summed E-state index contributed by atoms with van der Waals surface area (Å²) in [6, 6.07) is 11.3. The van der Waals surface area contributed by atoms with Crippen LogP contribution in [0.15, 0.2) is 42.5 Å². The molecule has 0 saturated carbocycles. The Hall–Kier alpha value is -2.84.